The lowest BCUT2D eigenvalue weighted by Crippen LogP contribution is -2.53. The minimum absolute atomic E-state index is 0.574. The minimum Gasteiger partial charge on any atom is -0.481 e. The topological polar surface area (TPSA) is 43.8 Å². The molecule has 2 aliphatic heterocycles. The van der Waals surface area contributed by atoms with Crippen LogP contribution in [-0.4, -0.2) is 59.6 Å². The molecular weight excluding hydrogens is 228 g/mol. The maximum atomic E-state index is 11.5. The van der Waals surface area contributed by atoms with Crippen LogP contribution in [0.15, 0.2) is 0 Å². The number of hydrogen-bond acceptors (Lipinski definition) is 3. The molecule has 0 radical (unpaired) electrons. The molecule has 4 heteroatoms. The fourth-order valence-electron chi connectivity index (χ4n) is 3.50. The van der Waals surface area contributed by atoms with Crippen molar-refractivity contribution in [3.05, 3.63) is 0 Å². The van der Waals surface area contributed by atoms with E-state index in [-0.39, 0.29) is 0 Å². The van der Waals surface area contributed by atoms with Gasteiger partial charge in [0.1, 0.15) is 0 Å². The summed E-state index contributed by atoms with van der Waals surface area (Å²) in [7, 11) is 0. The van der Waals surface area contributed by atoms with Crippen molar-refractivity contribution in [2.75, 3.05) is 32.7 Å². The standard InChI is InChI=1S/C14H26N2O2/c1-3-6-14(2,13(17)18)11-15-8-9-16-7-4-5-12(16)10-15/h12H,3-11H2,1-2H3,(H,17,18). The summed E-state index contributed by atoms with van der Waals surface area (Å²) in [6.45, 7) is 9.13. The van der Waals surface area contributed by atoms with Gasteiger partial charge >= 0.3 is 5.97 Å². The molecule has 0 aromatic rings. The number of nitrogens with zero attached hydrogens (tertiary/aromatic N) is 2. The first kappa shape index (κ1) is 13.8. The van der Waals surface area contributed by atoms with E-state index in [1.807, 2.05) is 6.92 Å². The molecular formula is C14H26N2O2. The second-order valence-corrected chi connectivity index (χ2v) is 6.18. The summed E-state index contributed by atoms with van der Waals surface area (Å²) < 4.78 is 0. The second-order valence-electron chi connectivity index (χ2n) is 6.18. The highest BCUT2D eigenvalue weighted by atomic mass is 16.4. The lowest BCUT2D eigenvalue weighted by Gasteiger charge is -2.40. The molecule has 18 heavy (non-hydrogen) atoms. The normalized spacial score (nSPS) is 28.9. The number of fused-ring (bicyclic) bond motifs is 1. The molecule has 104 valence electrons. The fraction of sp³-hybridized carbons (Fsp3) is 0.929. The van der Waals surface area contributed by atoms with Gasteiger partial charge < -0.3 is 5.11 Å². The summed E-state index contributed by atoms with van der Waals surface area (Å²) in [4.78, 5) is 16.4. The van der Waals surface area contributed by atoms with Crippen LogP contribution >= 0.6 is 0 Å². The smallest absolute Gasteiger partial charge is 0.310 e. The molecule has 1 N–H and O–H groups in total. The van der Waals surface area contributed by atoms with E-state index in [0.717, 1.165) is 32.5 Å². The van der Waals surface area contributed by atoms with Gasteiger partial charge in [-0.1, -0.05) is 13.3 Å². The Balaban J connectivity index is 1.93. The van der Waals surface area contributed by atoms with Crippen molar-refractivity contribution < 1.29 is 9.90 Å². The number of carboxylic acids is 1. The molecule has 0 bridgehead atoms. The van der Waals surface area contributed by atoms with Gasteiger partial charge in [-0.2, -0.15) is 0 Å². The molecule has 2 aliphatic rings. The summed E-state index contributed by atoms with van der Waals surface area (Å²) in [5.41, 5.74) is -0.574. The molecule has 4 nitrogen and oxygen atoms in total. The van der Waals surface area contributed by atoms with Crippen LogP contribution in [0.2, 0.25) is 0 Å². The van der Waals surface area contributed by atoms with Gasteiger partial charge in [-0.15, -0.1) is 0 Å². The quantitative estimate of drug-likeness (QED) is 0.810. The second kappa shape index (κ2) is 5.57. The Morgan fingerprint density at radius 1 is 1.39 bits per heavy atom. The highest BCUT2D eigenvalue weighted by molar-refractivity contribution is 5.74. The predicted octanol–water partition coefficient (Wildman–Crippen LogP) is 1.66. The zero-order valence-electron chi connectivity index (χ0n) is 11.7. The van der Waals surface area contributed by atoms with Gasteiger partial charge in [-0.25, -0.2) is 0 Å². The Kier molecular flexibility index (Phi) is 4.28. The van der Waals surface area contributed by atoms with E-state index >= 15 is 0 Å². The summed E-state index contributed by atoms with van der Waals surface area (Å²) >= 11 is 0. The van der Waals surface area contributed by atoms with Crippen LogP contribution in [0.4, 0.5) is 0 Å². The lowest BCUT2D eigenvalue weighted by atomic mass is 9.84. The van der Waals surface area contributed by atoms with Gasteiger partial charge in [-0.3, -0.25) is 14.6 Å². The van der Waals surface area contributed by atoms with Crippen molar-refractivity contribution in [1.29, 1.82) is 0 Å². The predicted molar refractivity (Wildman–Crippen MR) is 71.7 cm³/mol. The van der Waals surface area contributed by atoms with E-state index in [4.69, 9.17) is 0 Å². The highest BCUT2D eigenvalue weighted by Gasteiger charge is 2.37. The van der Waals surface area contributed by atoms with E-state index in [9.17, 15) is 9.90 Å². The highest BCUT2D eigenvalue weighted by Crippen LogP contribution is 2.28. The molecule has 0 aromatic heterocycles. The summed E-state index contributed by atoms with van der Waals surface area (Å²) in [6.07, 6.45) is 4.30. The van der Waals surface area contributed by atoms with Crippen LogP contribution in [0.1, 0.15) is 39.5 Å². The SMILES string of the molecule is CCCC(C)(CN1CCN2CCCC2C1)C(=O)O. The maximum Gasteiger partial charge on any atom is 0.310 e. The molecule has 2 atom stereocenters. The van der Waals surface area contributed by atoms with Gasteiger partial charge in [0.05, 0.1) is 5.41 Å². The van der Waals surface area contributed by atoms with Crippen molar-refractivity contribution in [1.82, 2.24) is 9.80 Å². The largest absolute Gasteiger partial charge is 0.481 e. The Labute approximate surface area is 110 Å². The number of carbonyl (C=O) groups is 1. The molecule has 0 spiro atoms. The zero-order valence-corrected chi connectivity index (χ0v) is 11.7. The third-order valence-electron chi connectivity index (χ3n) is 4.56. The minimum atomic E-state index is -0.641. The Morgan fingerprint density at radius 2 is 2.17 bits per heavy atom. The van der Waals surface area contributed by atoms with E-state index < -0.39 is 11.4 Å². The van der Waals surface area contributed by atoms with Crippen LogP contribution in [-0.2, 0) is 4.79 Å². The van der Waals surface area contributed by atoms with E-state index in [0.29, 0.717) is 12.6 Å². The first-order valence-corrected chi connectivity index (χ1v) is 7.25. The number of rotatable bonds is 5. The molecule has 2 saturated heterocycles. The molecule has 0 amide bonds. The van der Waals surface area contributed by atoms with Gasteiger partial charge in [0.15, 0.2) is 0 Å². The monoisotopic (exact) mass is 254 g/mol. The van der Waals surface area contributed by atoms with Gasteiger partial charge in [0.25, 0.3) is 0 Å². The zero-order chi connectivity index (χ0) is 13.2. The Bertz CT molecular complexity index is 308. The van der Waals surface area contributed by atoms with Crippen LogP contribution < -0.4 is 0 Å². The van der Waals surface area contributed by atoms with Crippen molar-refractivity contribution >= 4 is 5.97 Å². The van der Waals surface area contributed by atoms with E-state index in [2.05, 4.69) is 16.7 Å². The lowest BCUT2D eigenvalue weighted by molar-refractivity contribution is -0.150. The molecule has 2 fully saturated rings. The first-order chi connectivity index (χ1) is 8.55. The van der Waals surface area contributed by atoms with Gasteiger partial charge in [0, 0.05) is 32.2 Å². The molecule has 2 rings (SSSR count). The Hall–Kier alpha value is -0.610. The van der Waals surface area contributed by atoms with E-state index in [1.165, 1.54) is 19.4 Å². The van der Waals surface area contributed by atoms with Crippen LogP contribution in [0, 0.1) is 5.41 Å². The van der Waals surface area contributed by atoms with Crippen molar-refractivity contribution in [2.45, 2.75) is 45.6 Å². The molecule has 2 heterocycles. The summed E-state index contributed by atoms with van der Waals surface area (Å²) in [5.74, 6) is -0.641. The third-order valence-corrected chi connectivity index (χ3v) is 4.56. The summed E-state index contributed by atoms with van der Waals surface area (Å²) in [6, 6.07) is 0.679. The van der Waals surface area contributed by atoms with E-state index in [1.54, 1.807) is 0 Å². The Morgan fingerprint density at radius 3 is 2.83 bits per heavy atom. The molecule has 0 aliphatic carbocycles. The van der Waals surface area contributed by atoms with Crippen molar-refractivity contribution in [3.8, 4) is 0 Å². The fourth-order valence-corrected chi connectivity index (χ4v) is 3.50. The average Bonchev–Trinajstić information content (AvgIpc) is 2.76. The van der Waals surface area contributed by atoms with Gasteiger partial charge in [-0.05, 0) is 32.7 Å². The molecule has 0 aromatic carbocycles. The summed E-state index contributed by atoms with van der Waals surface area (Å²) in [5, 5.41) is 9.44. The van der Waals surface area contributed by atoms with Crippen molar-refractivity contribution in [3.63, 3.8) is 0 Å². The van der Waals surface area contributed by atoms with Crippen LogP contribution in [0.25, 0.3) is 0 Å². The first-order valence-electron chi connectivity index (χ1n) is 7.25. The maximum absolute atomic E-state index is 11.5. The number of hydrogen-bond donors (Lipinski definition) is 1. The van der Waals surface area contributed by atoms with Crippen LogP contribution in [0.3, 0.4) is 0 Å². The number of carboxylic acid groups (broad SMARTS) is 1. The molecule has 0 saturated carbocycles. The molecule has 2 unspecified atom stereocenters. The van der Waals surface area contributed by atoms with Crippen LogP contribution in [0.5, 0.6) is 0 Å². The van der Waals surface area contributed by atoms with Crippen molar-refractivity contribution in [2.24, 2.45) is 5.41 Å². The number of piperazine rings is 1. The van der Waals surface area contributed by atoms with Gasteiger partial charge in [0.2, 0.25) is 0 Å². The number of aliphatic carboxylic acids is 1. The third kappa shape index (κ3) is 2.86. The average molecular weight is 254 g/mol.